The zero-order valence-electron chi connectivity index (χ0n) is 43.0. The number of carbonyl (C=O) groups excluding carboxylic acids is 3. The first kappa shape index (κ1) is 63.0. The predicted octanol–water partition coefficient (Wildman–Crippen LogP) is 13.4. The van der Waals surface area contributed by atoms with Gasteiger partial charge in [0.15, 0.2) is 12.4 Å². The van der Waals surface area contributed by atoms with Crippen molar-refractivity contribution >= 4 is 17.9 Å². The van der Waals surface area contributed by atoms with Crippen LogP contribution in [0, 0.1) is 0 Å². The van der Waals surface area contributed by atoms with Crippen molar-refractivity contribution in [1.82, 2.24) is 0 Å². The van der Waals surface area contributed by atoms with Gasteiger partial charge in [-0.1, -0.05) is 175 Å². The fourth-order valence-electron chi connectivity index (χ4n) is 6.48. The zero-order valence-corrected chi connectivity index (χ0v) is 43.0. The standard InChI is InChI=1S/C58H95NO8/c1-6-8-10-12-14-16-18-20-21-22-23-24-25-26-27-28-29-30-31-32-33-34-35-37-39-41-43-45-47-49-56(61)67-54(53-66-58(57(62)63)64-51-50-59(3,4)5)52-65-55(60)48-46-44-42-40-38-36-19-17-15-13-11-9-7-2/h8,10,14,16-17,19-21,23-24,26-27,29-30,32-33,35,37,54,58H,6-7,9,11-13,15,18,22,25,28,31,34,36,38-53H2,1-5H3/b10-8-,16-14-,19-17-,21-20-,24-23-,27-26-,30-29-,33-32-,37-35-. The molecule has 0 aromatic heterocycles. The number of esters is 2. The summed E-state index contributed by atoms with van der Waals surface area (Å²) in [5.74, 6) is -2.35. The van der Waals surface area contributed by atoms with E-state index in [-0.39, 0.29) is 38.6 Å². The normalized spacial score (nSPS) is 13.7. The van der Waals surface area contributed by atoms with Crippen molar-refractivity contribution in [2.24, 2.45) is 0 Å². The fraction of sp³-hybridized carbons (Fsp3) is 0.638. The number of hydrogen-bond donors (Lipinski definition) is 0. The first-order valence-corrected chi connectivity index (χ1v) is 26.0. The van der Waals surface area contributed by atoms with Crippen LogP contribution in [-0.4, -0.2) is 82.3 Å². The number of allylic oxidation sites excluding steroid dienone is 18. The molecule has 9 nitrogen and oxygen atoms in total. The average molecular weight is 934 g/mol. The summed E-state index contributed by atoms with van der Waals surface area (Å²) >= 11 is 0. The number of carbonyl (C=O) groups is 3. The number of nitrogens with zero attached hydrogens (tertiary/aromatic N) is 1. The molecule has 0 bridgehead atoms. The van der Waals surface area contributed by atoms with Crippen LogP contribution in [0.3, 0.4) is 0 Å². The maximum Gasteiger partial charge on any atom is 0.306 e. The van der Waals surface area contributed by atoms with E-state index >= 15 is 0 Å². The Kier molecular flexibility index (Phi) is 45.5. The van der Waals surface area contributed by atoms with Crippen molar-refractivity contribution in [3.8, 4) is 0 Å². The van der Waals surface area contributed by atoms with E-state index < -0.39 is 24.3 Å². The lowest BCUT2D eigenvalue weighted by Crippen LogP contribution is -2.44. The number of ether oxygens (including phenoxy) is 4. The van der Waals surface area contributed by atoms with Crippen molar-refractivity contribution in [2.75, 3.05) is 47.5 Å². The van der Waals surface area contributed by atoms with Crippen LogP contribution in [0.15, 0.2) is 109 Å². The lowest BCUT2D eigenvalue weighted by Gasteiger charge is -2.26. The summed E-state index contributed by atoms with van der Waals surface area (Å²) in [6.45, 7) is 4.54. The minimum atomic E-state index is -1.64. The molecular weight excluding hydrogens is 839 g/mol. The van der Waals surface area contributed by atoms with Gasteiger partial charge in [-0.15, -0.1) is 0 Å². The van der Waals surface area contributed by atoms with E-state index in [0.717, 1.165) is 116 Å². The quantitative estimate of drug-likeness (QED) is 0.0195. The number of carboxylic acids is 1. The molecule has 0 amide bonds. The van der Waals surface area contributed by atoms with Gasteiger partial charge in [0.05, 0.1) is 40.3 Å². The summed E-state index contributed by atoms with van der Waals surface area (Å²) in [7, 11) is 5.89. The molecule has 0 rings (SSSR count). The minimum absolute atomic E-state index is 0.135. The highest BCUT2D eigenvalue weighted by Gasteiger charge is 2.21. The van der Waals surface area contributed by atoms with E-state index in [1.165, 1.54) is 32.1 Å². The number of aliphatic carboxylic acids is 1. The second kappa shape index (κ2) is 48.4. The molecule has 2 atom stereocenters. The Bertz CT molecular complexity index is 1460. The number of unbranched alkanes of at least 4 members (excludes halogenated alkanes) is 13. The topological polar surface area (TPSA) is 111 Å². The number of hydrogen-bond acceptors (Lipinski definition) is 8. The molecule has 0 aliphatic heterocycles. The van der Waals surface area contributed by atoms with E-state index in [1.807, 2.05) is 21.1 Å². The number of rotatable bonds is 46. The minimum Gasteiger partial charge on any atom is -0.545 e. The van der Waals surface area contributed by atoms with Gasteiger partial charge in [0.1, 0.15) is 13.2 Å². The third-order valence-corrected chi connectivity index (χ3v) is 10.5. The van der Waals surface area contributed by atoms with E-state index in [0.29, 0.717) is 17.4 Å². The van der Waals surface area contributed by atoms with Crippen LogP contribution in [0.2, 0.25) is 0 Å². The Labute approximate surface area is 409 Å². The molecule has 0 saturated carbocycles. The molecule has 9 heteroatoms. The van der Waals surface area contributed by atoms with Gasteiger partial charge in [-0.2, -0.15) is 0 Å². The smallest absolute Gasteiger partial charge is 0.306 e. The molecule has 0 spiro atoms. The van der Waals surface area contributed by atoms with Crippen LogP contribution in [0.4, 0.5) is 0 Å². The Morgan fingerprint density at radius 2 is 0.851 bits per heavy atom. The first-order valence-electron chi connectivity index (χ1n) is 26.0. The largest absolute Gasteiger partial charge is 0.545 e. The molecule has 67 heavy (non-hydrogen) atoms. The third-order valence-electron chi connectivity index (χ3n) is 10.5. The molecule has 380 valence electrons. The number of quaternary nitrogens is 1. The molecule has 0 saturated heterocycles. The van der Waals surface area contributed by atoms with Crippen LogP contribution in [0.5, 0.6) is 0 Å². The molecule has 0 fully saturated rings. The molecule has 0 heterocycles. The molecule has 0 aliphatic carbocycles. The van der Waals surface area contributed by atoms with Crippen molar-refractivity contribution in [3.63, 3.8) is 0 Å². The maximum atomic E-state index is 12.8. The predicted molar refractivity (Wildman–Crippen MR) is 278 cm³/mol. The highest BCUT2D eigenvalue weighted by atomic mass is 16.7. The third kappa shape index (κ3) is 49.7. The first-order chi connectivity index (χ1) is 32.6. The SMILES string of the molecule is CC/C=C\C/C=C\C/C=C\C/C=C\C/C=C\C/C=C\C/C=C\C/C=C\CCCCCCC(=O)OC(COC(=O)CCCCCCC/C=C\CCCCCC)COC(OCC[N+](C)(C)C)C(=O)[O-]. The molecule has 2 unspecified atom stereocenters. The van der Waals surface area contributed by atoms with Gasteiger partial charge in [-0.25, -0.2) is 0 Å². The van der Waals surface area contributed by atoms with Crippen LogP contribution in [0.1, 0.15) is 181 Å². The monoisotopic (exact) mass is 934 g/mol. The zero-order chi connectivity index (χ0) is 49.2. The highest BCUT2D eigenvalue weighted by Crippen LogP contribution is 2.12. The summed E-state index contributed by atoms with van der Waals surface area (Å²) in [6.07, 6.45) is 62.7. The van der Waals surface area contributed by atoms with E-state index in [1.54, 1.807) is 0 Å². The van der Waals surface area contributed by atoms with Crippen LogP contribution in [0.25, 0.3) is 0 Å². The second-order valence-electron chi connectivity index (χ2n) is 18.1. The summed E-state index contributed by atoms with van der Waals surface area (Å²) in [4.78, 5) is 37.1. The molecule has 0 aliphatic rings. The van der Waals surface area contributed by atoms with Crippen molar-refractivity contribution in [3.05, 3.63) is 109 Å². The van der Waals surface area contributed by atoms with Gasteiger partial charge in [-0.05, 0) is 103 Å². The summed E-state index contributed by atoms with van der Waals surface area (Å²) in [5.41, 5.74) is 0. The molecule has 0 aromatic carbocycles. The maximum absolute atomic E-state index is 12.8. The number of carboxylic acid groups (broad SMARTS) is 1. The van der Waals surface area contributed by atoms with Gasteiger partial charge in [0, 0.05) is 12.8 Å². The fourth-order valence-corrected chi connectivity index (χ4v) is 6.48. The van der Waals surface area contributed by atoms with Crippen LogP contribution in [-0.2, 0) is 33.3 Å². The molecular formula is C58H95NO8. The average Bonchev–Trinajstić information content (AvgIpc) is 3.29. The lowest BCUT2D eigenvalue weighted by atomic mass is 10.1. The van der Waals surface area contributed by atoms with Gasteiger partial charge in [-0.3, -0.25) is 9.59 Å². The van der Waals surface area contributed by atoms with Crippen molar-refractivity contribution in [2.45, 2.75) is 193 Å². The molecule has 0 aromatic rings. The van der Waals surface area contributed by atoms with E-state index in [4.69, 9.17) is 18.9 Å². The Morgan fingerprint density at radius 1 is 0.463 bits per heavy atom. The van der Waals surface area contributed by atoms with Crippen LogP contribution >= 0.6 is 0 Å². The Hall–Kier alpha value is -4.05. The lowest BCUT2D eigenvalue weighted by molar-refractivity contribution is -0.870. The van der Waals surface area contributed by atoms with Crippen molar-refractivity contribution < 1.29 is 42.9 Å². The molecule has 0 N–H and O–H groups in total. The summed E-state index contributed by atoms with van der Waals surface area (Å²) in [6, 6.07) is 0. The van der Waals surface area contributed by atoms with Gasteiger partial charge in [0.2, 0.25) is 0 Å². The van der Waals surface area contributed by atoms with E-state index in [9.17, 15) is 19.5 Å². The van der Waals surface area contributed by atoms with E-state index in [2.05, 4.69) is 123 Å². The van der Waals surface area contributed by atoms with Gasteiger partial charge >= 0.3 is 11.9 Å². The highest BCUT2D eigenvalue weighted by molar-refractivity contribution is 5.70. The summed E-state index contributed by atoms with van der Waals surface area (Å²) < 4.78 is 22.6. The van der Waals surface area contributed by atoms with Gasteiger partial charge < -0.3 is 33.3 Å². The number of likely N-dealkylation sites (N-methyl/N-ethyl adjacent to an activating group) is 1. The van der Waals surface area contributed by atoms with Crippen molar-refractivity contribution in [1.29, 1.82) is 0 Å². The summed E-state index contributed by atoms with van der Waals surface area (Å²) in [5, 5.41) is 11.7. The Morgan fingerprint density at radius 3 is 1.28 bits per heavy atom. The molecule has 0 radical (unpaired) electrons. The Balaban J connectivity index is 4.39. The second-order valence-corrected chi connectivity index (χ2v) is 18.1. The van der Waals surface area contributed by atoms with Gasteiger partial charge in [0.25, 0.3) is 0 Å². The van der Waals surface area contributed by atoms with Crippen LogP contribution < -0.4 is 5.11 Å².